The summed E-state index contributed by atoms with van der Waals surface area (Å²) < 4.78 is 13.7. The molecule has 0 aromatic heterocycles. The van der Waals surface area contributed by atoms with Crippen LogP contribution in [0.15, 0.2) is 18.2 Å². The molecule has 1 aliphatic carbocycles. The fraction of sp³-hybridized carbons (Fsp3) is 0.429. The molecule has 1 unspecified atom stereocenters. The number of carbonyl (C=O) groups is 2. The molecule has 1 atom stereocenters. The standard InChI is InChI=1S/C14H15FN2O2/c1-8-2-5-11(10(15)6-8)16-12-7-13(18)17(14(12)19)9-3-4-9/h2,5-6,9,12,16H,3-4,7H2,1H3. The summed E-state index contributed by atoms with van der Waals surface area (Å²) in [7, 11) is 0. The van der Waals surface area contributed by atoms with E-state index in [1.54, 1.807) is 19.1 Å². The summed E-state index contributed by atoms with van der Waals surface area (Å²) >= 11 is 0. The Morgan fingerprint density at radius 3 is 2.68 bits per heavy atom. The molecule has 4 nitrogen and oxygen atoms in total. The van der Waals surface area contributed by atoms with Gasteiger partial charge in [-0.25, -0.2) is 4.39 Å². The van der Waals surface area contributed by atoms with E-state index in [9.17, 15) is 14.0 Å². The van der Waals surface area contributed by atoms with Crippen LogP contribution in [0.4, 0.5) is 10.1 Å². The Morgan fingerprint density at radius 1 is 1.32 bits per heavy atom. The minimum Gasteiger partial charge on any atom is -0.371 e. The van der Waals surface area contributed by atoms with Gasteiger partial charge in [0.05, 0.1) is 12.1 Å². The van der Waals surface area contributed by atoms with Gasteiger partial charge < -0.3 is 5.32 Å². The van der Waals surface area contributed by atoms with Crippen LogP contribution in [-0.2, 0) is 9.59 Å². The van der Waals surface area contributed by atoms with Crippen LogP contribution in [0.1, 0.15) is 24.8 Å². The molecule has 2 aliphatic rings. The predicted octanol–water partition coefficient (Wildman–Crippen LogP) is 1.84. The van der Waals surface area contributed by atoms with Crippen molar-refractivity contribution in [2.24, 2.45) is 0 Å². The van der Waals surface area contributed by atoms with Gasteiger partial charge in [0.15, 0.2) is 0 Å². The van der Waals surface area contributed by atoms with Crippen molar-refractivity contribution in [2.45, 2.75) is 38.3 Å². The Morgan fingerprint density at radius 2 is 2.05 bits per heavy atom. The number of nitrogens with one attached hydrogen (secondary N) is 1. The fourth-order valence-electron chi connectivity index (χ4n) is 2.41. The van der Waals surface area contributed by atoms with E-state index in [2.05, 4.69) is 5.32 Å². The summed E-state index contributed by atoms with van der Waals surface area (Å²) in [6.45, 7) is 1.80. The molecule has 5 heteroatoms. The van der Waals surface area contributed by atoms with Crippen LogP contribution in [-0.4, -0.2) is 28.8 Å². The maximum atomic E-state index is 13.7. The first-order chi connectivity index (χ1) is 9.06. The summed E-state index contributed by atoms with van der Waals surface area (Å²) in [5.41, 5.74) is 1.09. The Bertz CT molecular complexity index is 554. The highest BCUT2D eigenvalue weighted by atomic mass is 19.1. The first kappa shape index (κ1) is 12.1. The van der Waals surface area contributed by atoms with Gasteiger partial charge in [-0.15, -0.1) is 0 Å². The third-order valence-corrected chi connectivity index (χ3v) is 3.55. The van der Waals surface area contributed by atoms with E-state index in [0.717, 1.165) is 18.4 Å². The summed E-state index contributed by atoms with van der Waals surface area (Å²) in [6.07, 6.45) is 1.90. The number of anilines is 1. The molecule has 1 aliphatic heterocycles. The number of carbonyl (C=O) groups excluding carboxylic acids is 2. The van der Waals surface area contributed by atoms with Gasteiger partial charge >= 0.3 is 0 Å². The zero-order chi connectivity index (χ0) is 13.6. The number of nitrogens with zero attached hydrogens (tertiary/aromatic N) is 1. The Balaban J connectivity index is 1.76. The van der Waals surface area contributed by atoms with Crippen LogP contribution in [0.2, 0.25) is 0 Å². The number of benzene rings is 1. The first-order valence-electron chi connectivity index (χ1n) is 6.45. The van der Waals surface area contributed by atoms with Gasteiger partial charge in [-0.05, 0) is 37.5 Å². The van der Waals surface area contributed by atoms with Crippen LogP contribution < -0.4 is 5.32 Å². The molecule has 1 aromatic carbocycles. The van der Waals surface area contributed by atoms with Crippen LogP contribution in [0.3, 0.4) is 0 Å². The molecule has 2 fully saturated rings. The van der Waals surface area contributed by atoms with E-state index < -0.39 is 11.9 Å². The number of halogens is 1. The van der Waals surface area contributed by atoms with Crippen molar-refractivity contribution in [3.63, 3.8) is 0 Å². The minimum atomic E-state index is -0.634. The van der Waals surface area contributed by atoms with Gasteiger partial charge in [0.2, 0.25) is 5.91 Å². The maximum absolute atomic E-state index is 13.7. The van der Waals surface area contributed by atoms with Crippen LogP contribution in [0.25, 0.3) is 0 Å². The molecule has 2 amide bonds. The van der Waals surface area contributed by atoms with Crippen LogP contribution in [0, 0.1) is 12.7 Å². The Kier molecular flexibility index (Phi) is 2.77. The highest BCUT2D eigenvalue weighted by Gasteiger charge is 2.46. The van der Waals surface area contributed by atoms with Gasteiger partial charge in [-0.2, -0.15) is 0 Å². The molecule has 1 N–H and O–H groups in total. The molecule has 19 heavy (non-hydrogen) atoms. The summed E-state index contributed by atoms with van der Waals surface area (Å²) in [5, 5.41) is 2.84. The lowest BCUT2D eigenvalue weighted by atomic mass is 10.2. The number of hydrogen-bond donors (Lipinski definition) is 1. The molecule has 1 heterocycles. The number of hydrogen-bond acceptors (Lipinski definition) is 3. The zero-order valence-corrected chi connectivity index (χ0v) is 10.6. The molecule has 1 saturated carbocycles. The van der Waals surface area contributed by atoms with E-state index in [0.29, 0.717) is 0 Å². The van der Waals surface area contributed by atoms with Crippen molar-refractivity contribution in [3.05, 3.63) is 29.6 Å². The predicted molar refractivity (Wildman–Crippen MR) is 68.0 cm³/mol. The SMILES string of the molecule is Cc1ccc(NC2CC(=O)N(C3CC3)C2=O)c(F)c1. The van der Waals surface area contributed by atoms with Gasteiger partial charge in [0, 0.05) is 6.04 Å². The van der Waals surface area contributed by atoms with Crippen molar-refractivity contribution in [3.8, 4) is 0 Å². The summed E-state index contributed by atoms with van der Waals surface area (Å²) in [4.78, 5) is 25.2. The maximum Gasteiger partial charge on any atom is 0.252 e. The lowest BCUT2D eigenvalue weighted by Gasteiger charge is -2.15. The van der Waals surface area contributed by atoms with Crippen molar-refractivity contribution >= 4 is 17.5 Å². The van der Waals surface area contributed by atoms with Crippen LogP contribution in [0.5, 0.6) is 0 Å². The van der Waals surface area contributed by atoms with Gasteiger partial charge in [-0.3, -0.25) is 14.5 Å². The summed E-state index contributed by atoms with van der Waals surface area (Å²) in [5.74, 6) is -0.782. The highest BCUT2D eigenvalue weighted by molar-refractivity contribution is 6.07. The van der Waals surface area contributed by atoms with E-state index >= 15 is 0 Å². The molecule has 0 spiro atoms. The largest absolute Gasteiger partial charge is 0.371 e. The molecular formula is C14H15FN2O2. The average Bonchev–Trinajstić information content (AvgIpc) is 3.12. The molecule has 1 aromatic rings. The number of aryl methyl sites for hydroxylation is 1. The average molecular weight is 262 g/mol. The second-order valence-electron chi connectivity index (χ2n) is 5.22. The summed E-state index contributed by atoms with van der Waals surface area (Å²) in [6, 6.07) is 4.22. The lowest BCUT2D eigenvalue weighted by molar-refractivity contribution is -0.139. The van der Waals surface area contributed by atoms with Crippen molar-refractivity contribution < 1.29 is 14.0 Å². The number of amides is 2. The molecular weight excluding hydrogens is 247 g/mol. The Labute approximate surface area is 110 Å². The van der Waals surface area contributed by atoms with Gasteiger partial charge in [0.1, 0.15) is 11.9 Å². The molecule has 0 radical (unpaired) electrons. The quantitative estimate of drug-likeness (QED) is 0.845. The second-order valence-corrected chi connectivity index (χ2v) is 5.22. The zero-order valence-electron chi connectivity index (χ0n) is 10.6. The van der Waals surface area contributed by atoms with E-state index in [1.807, 2.05) is 0 Å². The first-order valence-corrected chi connectivity index (χ1v) is 6.45. The van der Waals surface area contributed by atoms with Crippen molar-refractivity contribution in [2.75, 3.05) is 5.32 Å². The number of imide groups is 1. The monoisotopic (exact) mass is 262 g/mol. The second kappa shape index (κ2) is 4.33. The van der Waals surface area contributed by atoms with E-state index in [1.165, 1.54) is 11.0 Å². The third-order valence-electron chi connectivity index (χ3n) is 3.55. The van der Waals surface area contributed by atoms with Crippen molar-refractivity contribution in [1.29, 1.82) is 0 Å². The Hall–Kier alpha value is -1.91. The molecule has 1 saturated heterocycles. The molecule has 100 valence electrons. The molecule has 3 rings (SSSR count). The van der Waals surface area contributed by atoms with Gasteiger partial charge in [0.25, 0.3) is 5.91 Å². The molecule has 0 bridgehead atoms. The fourth-order valence-corrected chi connectivity index (χ4v) is 2.41. The minimum absolute atomic E-state index is 0.0784. The van der Waals surface area contributed by atoms with E-state index in [4.69, 9.17) is 0 Å². The van der Waals surface area contributed by atoms with Crippen LogP contribution >= 0.6 is 0 Å². The lowest BCUT2D eigenvalue weighted by Crippen LogP contribution is -2.36. The highest BCUT2D eigenvalue weighted by Crippen LogP contribution is 2.32. The van der Waals surface area contributed by atoms with Crippen molar-refractivity contribution in [1.82, 2.24) is 4.90 Å². The topological polar surface area (TPSA) is 49.4 Å². The van der Waals surface area contributed by atoms with E-state index in [-0.39, 0.29) is 30.0 Å². The van der Waals surface area contributed by atoms with Gasteiger partial charge in [-0.1, -0.05) is 6.07 Å². The number of likely N-dealkylation sites (tertiary alicyclic amines) is 1. The smallest absolute Gasteiger partial charge is 0.252 e. The normalized spacial score (nSPS) is 23.1. The number of rotatable bonds is 3. The third kappa shape index (κ3) is 2.20.